The summed E-state index contributed by atoms with van der Waals surface area (Å²) >= 11 is 0. The Bertz CT molecular complexity index is 1190. The van der Waals surface area contributed by atoms with Crippen molar-refractivity contribution in [1.82, 2.24) is 20.6 Å². The van der Waals surface area contributed by atoms with Crippen molar-refractivity contribution >= 4 is 26.6 Å². The Morgan fingerprint density at radius 2 is 2.10 bits per heavy atom. The van der Waals surface area contributed by atoms with Gasteiger partial charge in [0, 0.05) is 35.9 Å². The van der Waals surface area contributed by atoms with Gasteiger partial charge < -0.3 is 5.32 Å². The summed E-state index contributed by atoms with van der Waals surface area (Å²) in [6, 6.07) is 5.60. The fraction of sp³-hybridized carbons (Fsp3) is 0.455. The predicted molar refractivity (Wildman–Crippen MR) is 118 cm³/mol. The Morgan fingerprint density at radius 1 is 1.35 bits per heavy atom. The zero-order valence-corrected chi connectivity index (χ0v) is 18.4. The average molecular weight is 443 g/mol. The van der Waals surface area contributed by atoms with Gasteiger partial charge in [0.05, 0.1) is 5.52 Å². The molecule has 9 heteroatoms. The van der Waals surface area contributed by atoms with E-state index < -0.39 is 20.5 Å². The van der Waals surface area contributed by atoms with Crippen molar-refractivity contribution in [2.24, 2.45) is 5.92 Å². The van der Waals surface area contributed by atoms with Crippen LogP contribution in [0.5, 0.6) is 0 Å². The van der Waals surface area contributed by atoms with Crippen molar-refractivity contribution in [3.8, 4) is 23.7 Å². The van der Waals surface area contributed by atoms with E-state index in [2.05, 4.69) is 34.1 Å². The van der Waals surface area contributed by atoms with Gasteiger partial charge in [-0.25, -0.2) is 13.9 Å². The number of aromatic nitrogens is 2. The van der Waals surface area contributed by atoms with Gasteiger partial charge in [-0.2, -0.15) is 5.10 Å². The molecule has 1 aliphatic rings. The van der Waals surface area contributed by atoms with Crippen molar-refractivity contribution in [2.45, 2.75) is 37.5 Å². The third-order valence-electron chi connectivity index (χ3n) is 5.65. The topological polar surface area (TPSA) is 113 Å². The molecule has 1 fully saturated rings. The van der Waals surface area contributed by atoms with E-state index in [0.29, 0.717) is 5.92 Å². The van der Waals surface area contributed by atoms with Gasteiger partial charge in [-0.3, -0.25) is 14.7 Å². The van der Waals surface area contributed by atoms with E-state index in [1.165, 1.54) is 12.4 Å². The molecule has 0 radical (unpaired) electrons. The van der Waals surface area contributed by atoms with Crippen LogP contribution in [0.25, 0.3) is 10.9 Å². The predicted octanol–water partition coefficient (Wildman–Crippen LogP) is 1.09. The van der Waals surface area contributed by atoms with E-state index in [-0.39, 0.29) is 13.0 Å². The first-order valence-electron chi connectivity index (χ1n) is 10.1. The van der Waals surface area contributed by atoms with E-state index in [1.54, 1.807) is 10.9 Å². The minimum Gasteiger partial charge on any atom is -0.317 e. The molecule has 3 rings (SSSR count). The Labute approximate surface area is 182 Å². The van der Waals surface area contributed by atoms with Crippen LogP contribution in [0.3, 0.4) is 0 Å². The van der Waals surface area contributed by atoms with Crippen LogP contribution in [-0.2, 0) is 21.2 Å². The maximum absolute atomic E-state index is 12.1. The van der Waals surface area contributed by atoms with Crippen molar-refractivity contribution < 1.29 is 18.4 Å². The zero-order valence-electron chi connectivity index (χ0n) is 17.6. The summed E-state index contributed by atoms with van der Waals surface area (Å²) in [5.41, 5.74) is 3.00. The quantitative estimate of drug-likeness (QED) is 0.363. The van der Waals surface area contributed by atoms with Gasteiger partial charge in [0.2, 0.25) is 0 Å². The van der Waals surface area contributed by atoms with Gasteiger partial charge in [0.1, 0.15) is 0 Å². The molecule has 0 unspecified atom stereocenters. The van der Waals surface area contributed by atoms with Crippen LogP contribution in [0.2, 0.25) is 0 Å². The molecular formula is C22H26N4O4S. The van der Waals surface area contributed by atoms with Crippen LogP contribution in [0.1, 0.15) is 31.7 Å². The SMILES string of the molecule is C[C@@](CCn1cc2cc(C#CC#CC3CCNCC3)ccc2n1)(C(=O)NO)S(C)(=O)=O. The Kier molecular flexibility index (Phi) is 7.01. The Morgan fingerprint density at radius 3 is 2.77 bits per heavy atom. The molecule has 3 N–H and O–H groups in total. The molecule has 164 valence electrons. The number of sulfone groups is 1. The molecule has 1 atom stereocenters. The van der Waals surface area contributed by atoms with E-state index >= 15 is 0 Å². The van der Waals surface area contributed by atoms with E-state index in [1.807, 2.05) is 18.2 Å². The number of nitrogens with one attached hydrogen (secondary N) is 2. The number of hydrogen-bond donors (Lipinski definition) is 3. The lowest BCUT2D eigenvalue weighted by Crippen LogP contribution is -2.49. The van der Waals surface area contributed by atoms with Crippen LogP contribution in [-0.4, -0.2) is 53.4 Å². The highest BCUT2D eigenvalue weighted by molar-refractivity contribution is 7.92. The van der Waals surface area contributed by atoms with Gasteiger partial charge >= 0.3 is 0 Å². The minimum atomic E-state index is -3.75. The summed E-state index contributed by atoms with van der Waals surface area (Å²) in [5, 5.41) is 17.5. The first-order chi connectivity index (χ1) is 14.7. The molecule has 2 heterocycles. The van der Waals surface area contributed by atoms with Crippen LogP contribution in [0, 0.1) is 29.6 Å². The highest BCUT2D eigenvalue weighted by Gasteiger charge is 2.43. The molecule has 1 amide bonds. The van der Waals surface area contributed by atoms with Gasteiger partial charge in [-0.15, -0.1) is 0 Å². The molecule has 1 aliphatic heterocycles. The molecule has 0 spiro atoms. The fourth-order valence-electron chi connectivity index (χ4n) is 3.39. The third kappa shape index (κ3) is 5.45. The van der Waals surface area contributed by atoms with Gasteiger partial charge in [-0.05, 0) is 69.3 Å². The van der Waals surface area contributed by atoms with Crippen LogP contribution in [0.4, 0.5) is 0 Å². The van der Waals surface area contributed by atoms with Crippen LogP contribution < -0.4 is 10.8 Å². The number of aryl methyl sites for hydroxylation is 1. The molecule has 1 aromatic heterocycles. The maximum atomic E-state index is 12.1. The summed E-state index contributed by atoms with van der Waals surface area (Å²) in [4.78, 5) is 11.9. The van der Waals surface area contributed by atoms with Crippen molar-refractivity contribution in [1.29, 1.82) is 0 Å². The normalized spacial score (nSPS) is 16.5. The second-order valence-electron chi connectivity index (χ2n) is 7.90. The minimum absolute atomic E-state index is 0.0366. The number of rotatable bonds is 5. The second-order valence-corrected chi connectivity index (χ2v) is 10.3. The van der Waals surface area contributed by atoms with Crippen LogP contribution >= 0.6 is 0 Å². The summed E-state index contributed by atoms with van der Waals surface area (Å²) in [6.45, 7) is 3.48. The molecule has 0 aliphatic carbocycles. The highest BCUT2D eigenvalue weighted by atomic mass is 32.2. The number of piperidine rings is 1. The molecule has 8 nitrogen and oxygen atoms in total. The largest absolute Gasteiger partial charge is 0.317 e. The standard InChI is InChI=1S/C22H26N4O4S/c1-22(21(27)25-28,31(2,29)30)11-14-26-16-19-15-18(7-8-20(19)24-26)6-4-3-5-17-9-12-23-13-10-17/h7-8,15-17,23,28H,9-14H2,1-2H3,(H,25,27)/t22-/m1/s1. The number of benzene rings is 1. The van der Waals surface area contributed by atoms with Crippen LogP contribution in [0.15, 0.2) is 24.4 Å². The molecule has 2 aromatic rings. The number of fused-ring (bicyclic) bond motifs is 1. The zero-order chi connectivity index (χ0) is 22.5. The number of hydrogen-bond acceptors (Lipinski definition) is 6. The number of carbonyl (C=O) groups is 1. The molecule has 31 heavy (non-hydrogen) atoms. The lowest BCUT2D eigenvalue weighted by atomic mass is 9.99. The summed E-state index contributed by atoms with van der Waals surface area (Å²) < 4.78 is 24.0. The fourth-order valence-corrected chi connectivity index (χ4v) is 4.23. The lowest BCUT2D eigenvalue weighted by Gasteiger charge is -2.24. The second kappa shape index (κ2) is 9.52. The van der Waals surface area contributed by atoms with Crippen molar-refractivity contribution in [3.05, 3.63) is 30.0 Å². The number of amides is 1. The summed E-state index contributed by atoms with van der Waals surface area (Å²) in [7, 11) is -3.75. The van der Waals surface area contributed by atoms with Crippen molar-refractivity contribution in [2.75, 3.05) is 19.3 Å². The van der Waals surface area contributed by atoms with E-state index in [9.17, 15) is 13.2 Å². The van der Waals surface area contributed by atoms with E-state index in [4.69, 9.17) is 5.21 Å². The first kappa shape index (κ1) is 22.8. The number of carbonyl (C=O) groups excluding carboxylic acids is 1. The number of hydroxylamine groups is 1. The van der Waals surface area contributed by atoms with E-state index in [0.717, 1.165) is 48.7 Å². The lowest BCUT2D eigenvalue weighted by molar-refractivity contribution is -0.131. The summed E-state index contributed by atoms with van der Waals surface area (Å²) in [5.74, 6) is 11.6. The Hall–Kier alpha value is -2.85. The van der Waals surface area contributed by atoms with Gasteiger partial charge in [0.15, 0.2) is 14.6 Å². The summed E-state index contributed by atoms with van der Waals surface area (Å²) in [6.07, 6.45) is 4.82. The molecule has 1 aromatic carbocycles. The van der Waals surface area contributed by atoms with Crippen molar-refractivity contribution in [3.63, 3.8) is 0 Å². The molecule has 1 saturated heterocycles. The number of nitrogens with zero attached hydrogens (tertiary/aromatic N) is 2. The third-order valence-corrected chi connectivity index (χ3v) is 7.68. The smallest absolute Gasteiger partial charge is 0.264 e. The Balaban J connectivity index is 1.72. The molecule has 0 bridgehead atoms. The van der Waals surface area contributed by atoms with Gasteiger partial charge in [0.25, 0.3) is 5.91 Å². The maximum Gasteiger partial charge on any atom is 0.264 e. The average Bonchev–Trinajstić information content (AvgIpc) is 3.16. The van der Waals surface area contributed by atoms with Gasteiger partial charge in [-0.1, -0.05) is 11.8 Å². The highest BCUT2D eigenvalue weighted by Crippen LogP contribution is 2.23. The first-order valence-corrected chi connectivity index (χ1v) is 12.0. The molecule has 0 saturated carbocycles. The monoisotopic (exact) mass is 442 g/mol. The molecular weight excluding hydrogens is 416 g/mol.